The molecule has 0 rings (SSSR count). The summed E-state index contributed by atoms with van der Waals surface area (Å²) in [6.07, 6.45) is 2.60. The van der Waals surface area contributed by atoms with Crippen LogP contribution in [0.1, 0.15) is 19.8 Å². The Hall–Kier alpha value is 1.65. The summed E-state index contributed by atoms with van der Waals surface area (Å²) in [6.45, 7) is 2.20. The van der Waals surface area contributed by atoms with Crippen LogP contribution >= 0.6 is 32.0 Å². The molecule has 0 saturated heterocycles. The van der Waals surface area contributed by atoms with Crippen molar-refractivity contribution in [1.29, 1.82) is 0 Å². The van der Waals surface area contributed by atoms with E-state index in [1.807, 2.05) is 10.8 Å². The molecule has 0 nitrogen and oxygen atoms in total. The second-order valence-corrected chi connectivity index (χ2v) is 12.0. The molecule has 0 bridgehead atoms. The van der Waals surface area contributed by atoms with Gasteiger partial charge in [0.05, 0.1) is 0 Å². The van der Waals surface area contributed by atoms with Crippen LogP contribution in [0.2, 0.25) is 0 Å². The molecule has 0 aliphatic carbocycles. The Bertz CT molecular complexity index is 73.7. The second-order valence-electron chi connectivity index (χ2n) is 1.37. The molecule has 0 aromatic heterocycles. The zero-order chi connectivity index (χ0) is 6.41. The van der Waals surface area contributed by atoms with Gasteiger partial charge < -0.3 is 0 Å². The van der Waals surface area contributed by atoms with E-state index < -0.39 is 0 Å². The van der Waals surface area contributed by atoms with Crippen molar-refractivity contribution in [3.8, 4) is 0 Å². The standard InChI is InChI=1S/C4H9IS3/c1-2-3-4-7-8(5)6/h2-4H2,1H3. The summed E-state index contributed by atoms with van der Waals surface area (Å²) in [5.74, 6) is 1.24. The van der Waals surface area contributed by atoms with Gasteiger partial charge in [-0.1, -0.05) is 24.1 Å². The predicted octanol–water partition coefficient (Wildman–Crippen LogP) is 2.86. The first-order chi connectivity index (χ1) is 3.77. The molecule has 0 heterocycles. The van der Waals surface area contributed by atoms with E-state index in [1.165, 1.54) is 18.6 Å². The van der Waals surface area contributed by atoms with Crippen LogP contribution in [0.5, 0.6) is 0 Å². The zero-order valence-electron chi connectivity index (χ0n) is 4.72. The van der Waals surface area contributed by atoms with Crippen molar-refractivity contribution >= 4 is 48.8 Å². The fraction of sp³-hybridized carbons (Fsp3) is 1.00. The third-order valence-corrected chi connectivity index (χ3v) is 5.52. The maximum atomic E-state index is 4.97. The van der Waals surface area contributed by atoms with Crippen molar-refractivity contribution in [1.82, 2.24) is 0 Å². The van der Waals surface area contributed by atoms with Crippen LogP contribution in [0, 0.1) is 0 Å². The average molecular weight is 280 g/mol. The minimum atomic E-state index is 0.153. The van der Waals surface area contributed by atoms with Gasteiger partial charge in [-0.3, -0.25) is 0 Å². The first-order valence-corrected chi connectivity index (χ1v) is 8.68. The van der Waals surface area contributed by atoms with Gasteiger partial charge in [-0.15, -0.1) is 0 Å². The largest absolute Gasteiger partial charge is 0.0794 e. The van der Waals surface area contributed by atoms with Crippen molar-refractivity contribution in [3.05, 3.63) is 0 Å². The summed E-state index contributed by atoms with van der Waals surface area (Å²) in [5.41, 5.74) is 0.153. The summed E-state index contributed by atoms with van der Waals surface area (Å²) < 4.78 is 0. The summed E-state index contributed by atoms with van der Waals surface area (Å²) in [7, 11) is 1.89. The molecule has 0 aromatic carbocycles. The molecule has 0 spiro atoms. The van der Waals surface area contributed by atoms with Gasteiger partial charge in [0.15, 0.2) is 0 Å². The maximum Gasteiger partial charge on any atom is 0.0128 e. The lowest BCUT2D eigenvalue weighted by Crippen LogP contribution is -1.75. The van der Waals surface area contributed by atoms with E-state index >= 15 is 0 Å². The molecule has 0 aliphatic rings. The molecular formula is C4H9IS3. The van der Waals surface area contributed by atoms with Crippen LogP contribution in [0.25, 0.3) is 0 Å². The van der Waals surface area contributed by atoms with Crippen LogP contribution in [-0.2, 0) is 16.8 Å². The molecule has 1 atom stereocenters. The van der Waals surface area contributed by atoms with E-state index in [-0.39, 0.29) is 5.66 Å². The lowest BCUT2D eigenvalue weighted by atomic mass is 10.4. The fourth-order valence-electron chi connectivity index (χ4n) is 0.269. The van der Waals surface area contributed by atoms with E-state index in [4.69, 9.17) is 11.2 Å². The monoisotopic (exact) mass is 280 g/mol. The smallest absolute Gasteiger partial charge is 0.0128 e. The number of halogens is 1. The van der Waals surface area contributed by atoms with Crippen LogP contribution in [-0.4, -0.2) is 5.75 Å². The Morgan fingerprint density at radius 3 is 2.75 bits per heavy atom. The minimum Gasteiger partial charge on any atom is -0.0794 e. The van der Waals surface area contributed by atoms with Gasteiger partial charge >= 0.3 is 0 Å². The molecule has 0 fully saturated rings. The lowest BCUT2D eigenvalue weighted by molar-refractivity contribution is 0.898. The molecule has 0 aromatic rings. The van der Waals surface area contributed by atoms with Gasteiger partial charge in [0.25, 0.3) is 0 Å². The number of rotatable bonds is 4. The van der Waals surface area contributed by atoms with Crippen molar-refractivity contribution in [3.63, 3.8) is 0 Å². The Balaban J connectivity index is 2.82. The Kier molecular flexibility index (Phi) is 8.16. The van der Waals surface area contributed by atoms with Crippen LogP contribution in [0.3, 0.4) is 0 Å². The SMILES string of the molecule is CCCCSS(=S)I. The molecule has 4 heteroatoms. The van der Waals surface area contributed by atoms with Gasteiger partial charge in [-0.2, -0.15) is 0 Å². The first-order valence-electron chi connectivity index (χ1n) is 2.48. The molecule has 50 valence electrons. The van der Waals surface area contributed by atoms with E-state index in [2.05, 4.69) is 28.1 Å². The fourth-order valence-corrected chi connectivity index (χ4v) is 3.78. The van der Waals surface area contributed by atoms with Crippen molar-refractivity contribution in [2.24, 2.45) is 0 Å². The molecule has 1 unspecified atom stereocenters. The first kappa shape index (κ1) is 9.65. The van der Waals surface area contributed by atoms with Gasteiger partial charge in [0.2, 0.25) is 0 Å². The van der Waals surface area contributed by atoms with E-state index in [1.54, 1.807) is 0 Å². The Morgan fingerprint density at radius 1 is 1.75 bits per heavy atom. The molecule has 0 saturated carbocycles. The maximum absolute atomic E-state index is 4.97. The van der Waals surface area contributed by atoms with Gasteiger partial charge in [0, 0.05) is 32.6 Å². The van der Waals surface area contributed by atoms with Crippen molar-refractivity contribution in [2.75, 3.05) is 5.75 Å². The average Bonchev–Trinajstić information content (AvgIpc) is 1.66. The topological polar surface area (TPSA) is 0 Å². The Morgan fingerprint density at radius 2 is 2.38 bits per heavy atom. The lowest BCUT2D eigenvalue weighted by Gasteiger charge is -1.92. The number of hydrogen-bond acceptors (Lipinski definition) is 2. The van der Waals surface area contributed by atoms with Crippen LogP contribution in [0.4, 0.5) is 0 Å². The van der Waals surface area contributed by atoms with Gasteiger partial charge in [-0.25, -0.2) is 0 Å². The summed E-state index contributed by atoms with van der Waals surface area (Å²) in [5, 5.41) is 0. The minimum absolute atomic E-state index is 0.153. The van der Waals surface area contributed by atoms with Crippen LogP contribution < -0.4 is 0 Å². The van der Waals surface area contributed by atoms with Crippen molar-refractivity contribution < 1.29 is 0 Å². The zero-order valence-corrected chi connectivity index (χ0v) is 9.33. The molecule has 8 heavy (non-hydrogen) atoms. The predicted molar refractivity (Wildman–Crippen MR) is 56.1 cm³/mol. The summed E-state index contributed by atoms with van der Waals surface area (Å²) in [4.78, 5) is 0. The molecule has 0 N–H and O–H groups in total. The second kappa shape index (κ2) is 6.77. The molecular weight excluding hydrogens is 271 g/mol. The highest BCUT2D eigenvalue weighted by atomic mass is 127. The van der Waals surface area contributed by atoms with Gasteiger partial charge in [0.1, 0.15) is 0 Å². The van der Waals surface area contributed by atoms with E-state index in [0.29, 0.717) is 0 Å². The van der Waals surface area contributed by atoms with Crippen LogP contribution in [0.15, 0.2) is 0 Å². The Labute approximate surface area is 73.8 Å². The third-order valence-electron chi connectivity index (χ3n) is 0.674. The van der Waals surface area contributed by atoms with Crippen molar-refractivity contribution in [2.45, 2.75) is 19.8 Å². The third kappa shape index (κ3) is 7.65. The van der Waals surface area contributed by atoms with E-state index in [0.717, 1.165) is 0 Å². The van der Waals surface area contributed by atoms with Gasteiger partial charge in [-0.05, 0) is 17.6 Å². The normalized spacial score (nSPS) is 13.8. The quantitative estimate of drug-likeness (QED) is 0.336. The summed E-state index contributed by atoms with van der Waals surface area (Å²) in [6, 6.07) is 0. The number of unbranched alkanes of at least 4 members (excludes halogenated alkanes) is 1. The highest BCUT2D eigenvalue weighted by Gasteiger charge is 1.86. The molecule has 0 aliphatic heterocycles. The highest BCUT2D eigenvalue weighted by molar-refractivity contribution is 14.2. The molecule has 0 amide bonds. The number of hydrogen-bond donors (Lipinski definition) is 0. The summed E-state index contributed by atoms with van der Waals surface area (Å²) >= 11 is 7.26. The highest BCUT2D eigenvalue weighted by Crippen LogP contribution is 2.16. The molecule has 0 radical (unpaired) electrons. The van der Waals surface area contributed by atoms with E-state index in [9.17, 15) is 0 Å².